The van der Waals surface area contributed by atoms with Gasteiger partial charge in [-0.15, -0.1) is 5.92 Å². The molecular weight excluding hydrogens is 390 g/mol. The van der Waals surface area contributed by atoms with E-state index < -0.39 is 11.3 Å². The molecule has 1 aliphatic heterocycles. The van der Waals surface area contributed by atoms with Gasteiger partial charge in [-0.25, -0.2) is 0 Å². The van der Waals surface area contributed by atoms with Crippen LogP contribution in [0.5, 0.6) is 5.75 Å². The van der Waals surface area contributed by atoms with E-state index in [0.29, 0.717) is 42.8 Å². The second kappa shape index (κ2) is 8.03. The van der Waals surface area contributed by atoms with Crippen molar-refractivity contribution < 1.29 is 19.1 Å². The number of hydrogen-bond donors (Lipinski definition) is 0. The number of carbonyl (C=O) groups excluding carboxylic acids is 3. The largest absolute Gasteiger partial charge is 0.496 e. The van der Waals surface area contributed by atoms with Gasteiger partial charge >= 0.3 is 0 Å². The first-order valence-corrected chi connectivity index (χ1v) is 10.4. The first-order valence-electron chi connectivity index (χ1n) is 10.4. The molecule has 2 aromatic carbocycles. The minimum atomic E-state index is -0.817. The van der Waals surface area contributed by atoms with Crippen LogP contribution in [0.15, 0.2) is 42.5 Å². The number of Topliss-reactive ketones (excluding diaryl/α,β-unsaturated/α-hetero) is 2. The molecule has 1 spiro atoms. The maximum Gasteiger partial charge on any atom is 0.253 e. The fourth-order valence-electron chi connectivity index (χ4n) is 4.92. The molecule has 0 atom stereocenters. The van der Waals surface area contributed by atoms with E-state index in [2.05, 4.69) is 11.8 Å². The number of methoxy groups -OCH3 is 1. The third-order valence-corrected chi connectivity index (χ3v) is 6.23. The fraction of sp³-hybridized carbons (Fsp3) is 0.346. The quantitative estimate of drug-likeness (QED) is 0.568. The Morgan fingerprint density at radius 3 is 2.32 bits per heavy atom. The summed E-state index contributed by atoms with van der Waals surface area (Å²) in [6, 6.07) is 12.8. The monoisotopic (exact) mass is 415 g/mol. The number of benzene rings is 2. The van der Waals surface area contributed by atoms with Gasteiger partial charge in [0.25, 0.3) is 5.91 Å². The van der Waals surface area contributed by atoms with Crippen molar-refractivity contribution in [3.8, 4) is 17.6 Å². The van der Waals surface area contributed by atoms with Crippen LogP contribution in [0.4, 0.5) is 0 Å². The lowest BCUT2D eigenvalue weighted by atomic mass is 9.63. The van der Waals surface area contributed by atoms with Crippen LogP contribution in [0.2, 0.25) is 0 Å². The minimum absolute atomic E-state index is 0.0571. The molecule has 5 heteroatoms. The van der Waals surface area contributed by atoms with Crippen molar-refractivity contribution in [1.82, 2.24) is 4.90 Å². The van der Waals surface area contributed by atoms with E-state index in [0.717, 1.165) is 11.1 Å². The molecule has 31 heavy (non-hydrogen) atoms. The molecular formula is C26H25NO4. The lowest BCUT2D eigenvalue weighted by molar-refractivity contribution is -0.141. The summed E-state index contributed by atoms with van der Waals surface area (Å²) in [4.78, 5) is 40.7. The third kappa shape index (κ3) is 3.74. The number of likely N-dealkylation sites (tertiary alicyclic amines) is 1. The number of aryl methyl sites for hydroxylation is 1. The lowest BCUT2D eigenvalue weighted by Crippen LogP contribution is -2.62. The molecule has 0 aromatic heterocycles. The molecule has 1 saturated heterocycles. The molecule has 4 rings (SSSR count). The van der Waals surface area contributed by atoms with Crippen molar-refractivity contribution >= 4 is 17.5 Å². The highest BCUT2D eigenvalue weighted by Crippen LogP contribution is 2.47. The van der Waals surface area contributed by atoms with Crippen molar-refractivity contribution in [3.05, 3.63) is 64.7 Å². The zero-order valence-electron chi connectivity index (χ0n) is 18.0. The number of carbonyl (C=O) groups is 3. The molecule has 2 aromatic rings. The molecule has 0 N–H and O–H groups in total. The highest BCUT2D eigenvalue weighted by Gasteiger charge is 2.53. The van der Waals surface area contributed by atoms with Crippen LogP contribution >= 0.6 is 0 Å². The number of rotatable bonds is 3. The Labute approximate surface area is 182 Å². The van der Waals surface area contributed by atoms with Gasteiger partial charge in [0.05, 0.1) is 7.11 Å². The summed E-state index contributed by atoms with van der Waals surface area (Å²) < 4.78 is 5.53. The average molecular weight is 415 g/mol. The summed E-state index contributed by atoms with van der Waals surface area (Å²) in [7, 11) is 1.54. The van der Waals surface area contributed by atoms with Gasteiger partial charge in [0.2, 0.25) is 0 Å². The Balaban J connectivity index is 1.54. The van der Waals surface area contributed by atoms with Crippen molar-refractivity contribution in [2.45, 2.75) is 32.6 Å². The summed E-state index contributed by atoms with van der Waals surface area (Å²) in [6.45, 7) is 4.51. The summed E-state index contributed by atoms with van der Waals surface area (Å²) in [6.07, 6.45) is 0.585. The van der Waals surface area contributed by atoms with Gasteiger partial charge < -0.3 is 9.64 Å². The normalized spacial score (nSPS) is 17.7. The molecule has 2 aliphatic rings. The van der Waals surface area contributed by atoms with Crippen LogP contribution < -0.4 is 4.74 Å². The Morgan fingerprint density at radius 2 is 1.74 bits per heavy atom. The van der Waals surface area contributed by atoms with Gasteiger partial charge in [0.15, 0.2) is 0 Å². The van der Waals surface area contributed by atoms with Crippen molar-refractivity contribution in [2.24, 2.45) is 5.41 Å². The van der Waals surface area contributed by atoms with Crippen LogP contribution in [0, 0.1) is 24.2 Å². The van der Waals surface area contributed by atoms with E-state index in [1.54, 1.807) is 37.1 Å². The Kier molecular flexibility index (Phi) is 5.41. The van der Waals surface area contributed by atoms with E-state index >= 15 is 0 Å². The molecule has 0 bridgehead atoms. The first kappa shape index (κ1) is 20.9. The molecule has 0 radical (unpaired) electrons. The highest BCUT2D eigenvalue weighted by atomic mass is 16.5. The minimum Gasteiger partial charge on any atom is -0.496 e. The summed E-state index contributed by atoms with van der Waals surface area (Å²) >= 11 is 0. The van der Waals surface area contributed by atoms with E-state index in [4.69, 9.17) is 4.74 Å². The Morgan fingerprint density at radius 1 is 1.10 bits per heavy atom. The summed E-state index contributed by atoms with van der Waals surface area (Å²) in [5, 5.41) is 0. The maximum atomic E-state index is 13.2. The van der Waals surface area contributed by atoms with E-state index in [-0.39, 0.29) is 17.5 Å². The molecule has 158 valence electrons. The fourth-order valence-corrected chi connectivity index (χ4v) is 4.92. The first-order chi connectivity index (χ1) is 14.9. The van der Waals surface area contributed by atoms with Crippen molar-refractivity contribution in [2.75, 3.05) is 20.2 Å². The standard InChI is InChI=1S/C26H25NO4/c1-4-8-18-11-17(2)23(22(12-18)31-3)24-20(28)13-26(14-21(24)29)15-27(16-26)25(30)19-9-6-5-7-10-19/h5-7,9-12,24H,13-16H2,1-3H3. The maximum absolute atomic E-state index is 13.2. The van der Waals surface area contributed by atoms with Gasteiger partial charge in [0, 0.05) is 48.0 Å². The Bertz CT molecular complexity index is 1100. The molecule has 0 unspecified atom stereocenters. The highest BCUT2D eigenvalue weighted by molar-refractivity contribution is 6.11. The van der Waals surface area contributed by atoms with Crippen LogP contribution in [0.3, 0.4) is 0 Å². The average Bonchev–Trinajstić information content (AvgIpc) is 2.72. The lowest BCUT2D eigenvalue weighted by Gasteiger charge is -2.52. The molecule has 1 saturated carbocycles. The molecule has 1 aliphatic carbocycles. The van der Waals surface area contributed by atoms with Gasteiger partial charge in [0.1, 0.15) is 23.2 Å². The van der Waals surface area contributed by atoms with E-state index in [9.17, 15) is 14.4 Å². The topological polar surface area (TPSA) is 63.7 Å². The number of nitrogens with zero attached hydrogens (tertiary/aromatic N) is 1. The Hall–Kier alpha value is -3.39. The van der Waals surface area contributed by atoms with Gasteiger partial charge in [-0.05, 0) is 43.7 Å². The number of hydrogen-bond acceptors (Lipinski definition) is 4. The second-order valence-electron chi connectivity index (χ2n) is 8.53. The van der Waals surface area contributed by atoms with Crippen molar-refractivity contribution in [1.29, 1.82) is 0 Å². The zero-order valence-corrected chi connectivity index (χ0v) is 18.0. The summed E-state index contributed by atoms with van der Waals surface area (Å²) in [5.41, 5.74) is 2.45. The number of amides is 1. The van der Waals surface area contributed by atoms with Crippen LogP contribution in [-0.4, -0.2) is 42.6 Å². The van der Waals surface area contributed by atoms with Gasteiger partial charge in [-0.1, -0.05) is 24.1 Å². The molecule has 1 heterocycles. The van der Waals surface area contributed by atoms with Gasteiger partial charge in [-0.3, -0.25) is 14.4 Å². The second-order valence-corrected chi connectivity index (χ2v) is 8.53. The predicted molar refractivity (Wildman–Crippen MR) is 117 cm³/mol. The summed E-state index contributed by atoms with van der Waals surface area (Å²) in [5.74, 6) is 5.31. The zero-order chi connectivity index (χ0) is 22.2. The molecule has 1 amide bonds. The number of ketones is 2. The third-order valence-electron chi connectivity index (χ3n) is 6.23. The van der Waals surface area contributed by atoms with E-state index in [1.807, 2.05) is 31.2 Å². The van der Waals surface area contributed by atoms with Gasteiger partial charge in [-0.2, -0.15) is 0 Å². The SMILES string of the molecule is CC#Cc1cc(C)c(C2C(=O)CC3(CC2=O)CN(C(=O)c2ccccc2)C3)c(OC)c1. The number of ether oxygens (including phenoxy) is 1. The molecule has 5 nitrogen and oxygen atoms in total. The smallest absolute Gasteiger partial charge is 0.253 e. The molecule has 2 fully saturated rings. The van der Waals surface area contributed by atoms with Crippen molar-refractivity contribution in [3.63, 3.8) is 0 Å². The van der Waals surface area contributed by atoms with E-state index in [1.165, 1.54) is 0 Å². The van der Waals surface area contributed by atoms with Crippen LogP contribution in [-0.2, 0) is 9.59 Å². The predicted octanol–water partition coefficient (Wildman–Crippen LogP) is 3.53. The van der Waals surface area contributed by atoms with Crippen LogP contribution in [0.25, 0.3) is 0 Å². The van der Waals surface area contributed by atoms with Crippen LogP contribution in [0.1, 0.15) is 52.7 Å².